The number of hydrogen-bond donors (Lipinski definition) is 2. The molecule has 1 atom stereocenters. The first kappa shape index (κ1) is 21.2. The van der Waals surface area contributed by atoms with Crippen LogP contribution in [0.25, 0.3) is 11.1 Å². The summed E-state index contributed by atoms with van der Waals surface area (Å²) in [5.41, 5.74) is 3.53. The Hall–Kier alpha value is -2.11. The van der Waals surface area contributed by atoms with Gasteiger partial charge in [-0.1, -0.05) is 73.3 Å². The first-order chi connectivity index (χ1) is 13.1. The van der Waals surface area contributed by atoms with Crippen molar-refractivity contribution in [1.29, 1.82) is 0 Å². The smallest absolute Gasteiger partial charge is 0.304 e. The highest BCUT2D eigenvalue weighted by molar-refractivity contribution is 8.13. The van der Waals surface area contributed by atoms with Crippen LogP contribution in [-0.4, -0.2) is 34.5 Å². The summed E-state index contributed by atoms with van der Waals surface area (Å²) >= 11 is 1.35. The monoisotopic (exact) mass is 385 g/mol. The fraction of sp³-hybridized carbons (Fsp3) is 0.364. The summed E-state index contributed by atoms with van der Waals surface area (Å²) in [4.78, 5) is 22.6. The molecule has 5 heteroatoms. The predicted octanol–water partition coefficient (Wildman–Crippen LogP) is 4.39. The lowest BCUT2D eigenvalue weighted by Gasteiger charge is -2.18. The molecule has 0 aliphatic rings. The molecule has 0 bridgehead atoms. The van der Waals surface area contributed by atoms with Crippen molar-refractivity contribution in [3.63, 3.8) is 0 Å². The quantitative estimate of drug-likeness (QED) is 0.600. The Labute approximate surface area is 165 Å². The average Bonchev–Trinajstić information content (AvgIpc) is 2.67. The van der Waals surface area contributed by atoms with Crippen molar-refractivity contribution in [2.75, 3.05) is 12.3 Å². The number of aliphatic carboxylic acids is 1. The van der Waals surface area contributed by atoms with E-state index in [1.807, 2.05) is 25.1 Å². The number of carbonyl (C=O) groups is 2. The summed E-state index contributed by atoms with van der Waals surface area (Å²) in [5.74, 6) is -0.0252. The molecule has 2 aromatic rings. The second-order valence-electron chi connectivity index (χ2n) is 6.41. The van der Waals surface area contributed by atoms with Gasteiger partial charge < -0.3 is 10.4 Å². The molecule has 0 aliphatic carbocycles. The Bertz CT molecular complexity index is 716. The normalized spacial score (nSPS) is 11.9. The second kappa shape index (κ2) is 11.6. The zero-order chi connectivity index (χ0) is 19.5. The number of carbonyl (C=O) groups excluding carboxylic acids is 1. The molecular formula is C22H27NO3S. The lowest BCUT2D eigenvalue weighted by molar-refractivity contribution is -0.136. The topological polar surface area (TPSA) is 66.4 Å². The molecule has 0 amide bonds. The summed E-state index contributed by atoms with van der Waals surface area (Å²) in [6, 6.07) is 18.7. The summed E-state index contributed by atoms with van der Waals surface area (Å²) in [7, 11) is 0. The van der Waals surface area contributed by atoms with Crippen molar-refractivity contribution in [2.24, 2.45) is 0 Å². The van der Waals surface area contributed by atoms with Gasteiger partial charge in [-0.15, -0.1) is 0 Å². The highest BCUT2D eigenvalue weighted by Crippen LogP contribution is 2.20. The van der Waals surface area contributed by atoms with Gasteiger partial charge in [0.1, 0.15) is 0 Å². The lowest BCUT2D eigenvalue weighted by Crippen LogP contribution is -2.33. The summed E-state index contributed by atoms with van der Waals surface area (Å²) in [6.07, 6.45) is 2.08. The van der Waals surface area contributed by atoms with Crippen molar-refractivity contribution in [3.8, 4) is 11.1 Å². The molecule has 144 valence electrons. The van der Waals surface area contributed by atoms with Gasteiger partial charge in [-0.2, -0.15) is 0 Å². The molecule has 4 nitrogen and oxygen atoms in total. The zero-order valence-electron chi connectivity index (χ0n) is 15.7. The van der Waals surface area contributed by atoms with E-state index in [1.165, 1.54) is 28.5 Å². The van der Waals surface area contributed by atoms with E-state index in [4.69, 9.17) is 5.11 Å². The standard InChI is InChI=1S/C22H27NO3S/c1-2-27-22(26)13-12-20(23-15-14-21(24)25)16-17-8-10-19(11-9-17)18-6-4-3-5-7-18/h3-11,20,23H,2,12-16H2,1H3,(H,24,25). The molecular weight excluding hydrogens is 358 g/mol. The maximum atomic E-state index is 11.8. The molecule has 2 rings (SSSR count). The molecule has 0 saturated heterocycles. The molecule has 0 spiro atoms. The number of carboxylic acids is 1. The maximum absolute atomic E-state index is 11.8. The first-order valence-corrected chi connectivity index (χ1v) is 10.3. The molecule has 0 saturated carbocycles. The number of nitrogens with one attached hydrogen (secondary N) is 1. The molecule has 0 aliphatic heterocycles. The number of carboxylic acid groups (broad SMARTS) is 1. The van der Waals surface area contributed by atoms with Gasteiger partial charge in [-0.05, 0) is 35.3 Å². The molecule has 0 fully saturated rings. The van der Waals surface area contributed by atoms with Gasteiger partial charge in [-0.25, -0.2) is 0 Å². The van der Waals surface area contributed by atoms with Gasteiger partial charge in [0.25, 0.3) is 0 Å². The van der Waals surface area contributed by atoms with Gasteiger partial charge in [-0.3, -0.25) is 9.59 Å². The van der Waals surface area contributed by atoms with E-state index in [0.717, 1.165) is 12.2 Å². The van der Waals surface area contributed by atoms with Crippen LogP contribution in [0, 0.1) is 0 Å². The van der Waals surface area contributed by atoms with Crippen molar-refractivity contribution >= 4 is 22.8 Å². The van der Waals surface area contributed by atoms with E-state index in [9.17, 15) is 9.59 Å². The van der Waals surface area contributed by atoms with E-state index in [-0.39, 0.29) is 17.6 Å². The molecule has 1 unspecified atom stereocenters. The van der Waals surface area contributed by atoms with Crippen LogP contribution < -0.4 is 5.32 Å². The van der Waals surface area contributed by atoms with Gasteiger partial charge in [0, 0.05) is 19.0 Å². The van der Waals surface area contributed by atoms with Crippen molar-refractivity contribution in [2.45, 2.75) is 38.6 Å². The predicted molar refractivity (Wildman–Crippen MR) is 112 cm³/mol. The molecule has 2 N–H and O–H groups in total. The lowest BCUT2D eigenvalue weighted by atomic mass is 9.98. The van der Waals surface area contributed by atoms with Gasteiger partial charge >= 0.3 is 5.97 Å². The third kappa shape index (κ3) is 7.97. The van der Waals surface area contributed by atoms with Crippen molar-refractivity contribution in [1.82, 2.24) is 5.32 Å². The molecule has 2 aromatic carbocycles. The second-order valence-corrected chi connectivity index (χ2v) is 7.73. The van der Waals surface area contributed by atoms with Gasteiger partial charge in [0.15, 0.2) is 5.12 Å². The van der Waals surface area contributed by atoms with E-state index >= 15 is 0 Å². The highest BCUT2D eigenvalue weighted by Gasteiger charge is 2.13. The third-order valence-electron chi connectivity index (χ3n) is 4.32. The Morgan fingerprint density at radius 2 is 1.67 bits per heavy atom. The zero-order valence-corrected chi connectivity index (χ0v) is 16.5. The molecule has 27 heavy (non-hydrogen) atoms. The summed E-state index contributed by atoms with van der Waals surface area (Å²) in [5, 5.41) is 12.3. The van der Waals surface area contributed by atoms with Crippen LogP contribution in [0.5, 0.6) is 0 Å². The molecule has 0 radical (unpaired) electrons. The van der Waals surface area contributed by atoms with Crippen LogP contribution >= 0.6 is 11.8 Å². The SMILES string of the molecule is CCSC(=O)CCC(Cc1ccc(-c2ccccc2)cc1)NCCC(=O)O. The van der Waals surface area contributed by atoms with Crippen LogP contribution in [0.15, 0.2) is 54.6 Å². The van der Waals surface area contributed by atoms with E-state index < -0.39 is 5.97 Å². The summed E-state index contributed by atoms with van der Waals surface area (Å²) < 4.78 is 0. The fourth-order valence-corrected chi connectivity index (χ4v) is 3.52. The molecule has 0 aromatic heterocycles. The van der Waals surface area contributed by atoms with Crippen LogP contribution in [0.2, 0.25) is 0 Å². The van der Waals surface area contributed by atoms with Crippen molar-refractivity contribution in [3.05, 3.63) is 60.2 Å². The van der Waals surface area contributed by atoms with Gasteiger partial charge in [0.2, 0.25) is 0 Å². The van der Waals surface area contributed by atoms with Crippen LogP contribution in [0.4, 0.5) is 0 Å². The maximum Gasteiger partial charge on any atom is 0.304 e. The van der Waals surface area contributed by atoms with Gasteiger partial charge in [0.05, 0.1) is 6.42 Å². The number of rotatable bonds is 11. The minimum Gasteiger partial charge on any atom is -0.481 e. The molecule has 0 heterocycles. The largest absolute Gasteiger partial charge is 0.481 e. The van der Waals surface area contributed by atoms with Crippen LogP contribution in [0.1, 0.15) is 31.7 Å². The van der Waals surface area contributed by atoms with Crippen LogP contribution in [0.3, 0.4) is 0 Å². The highest BCUT2D eigenvalue weighted by atomic mass is 32.2. The Morgan fingerprint density at radius 3 is 2.30 bits per heavy atom. The number of hydrogen-bond acceptors (Lipinski definition) is 4. The van der Waals surface area contributed by atoms with E-state index in [2.05, 4.69) is 41.7 Å². The number of thioether (sulfide) groups is 1. The fourth-order valence-electron chi connectivity index (χ4n) is 2.93. The third-order valence-corrected chi connectivity index (χ3v) is 5.13. The minimum atomic E-state index is -0.814. The minimum absolute atomic E-state index is 0.0844. The Morgan fingerprint density at radius 1 is 1.00 bits per heavy atom. The average molecular weight is 386 g/mol. The first-order valence-electron chi connectivity index (χ1n) is 9.33. The Balaban J connectivity index is 1.97. The van der Waals surface area contributed by atoms with Crippen molar-refractivity contribution < 1.29 is 14.7 Å². The van der Waals surface area contributed by atoms with E-state index in [0.29, 0.717) is 19.4 Å². The Kier molecular flexibility index (Phi) is 9.08. The number of benzene rings is 2. The van der Waals surface area contributed by atoms with E-state index in [1.54, 1.807) is 0 Å². The van der Waals surface area contributed by atoms with Crippen LogP contribution in [-0.2, 0) is 16.0 Å². The summed E-state index contributed by atoms with van der Waals surface area (Å²) in [6.45, 7) is 2.39.